The fourth-order valence-electron chi connectivity index (χ4n) is 2.24. The van der Waals surface area contributed by atoms with Crippen LogP contribution in [0.15, 0.2) is 41.5 Å². The van der Waals surface area contributed by atoms with Gasteiger partial charge in [-0.15, -0.1) is 0 Å². The molecule has 1 aromatic carbocycles. The minimum absolute atomic E-state index is 0.125. The molecule has 112 valence electrons. The van der Waals surface area contributed by atoms with Crippen LogP contribution in [0, 0.1) is 6.92 Å². The highest BCUT2D eigenvalue weighted by Crippen LogP contribution is 2.23. The zero-order valence-corrected chi connectivity index (χ0v) is 13.1. The molecule has 0 aliphatic rings. The molecule has 0 amide bonds. The maximum Gasteiger partial charge on any atom is 0.347 e. The van der Waals surface area contributed by atoms with Gasteiger partial charge in [0.1, 0.15) is 0 Å². The van der Waals surface area contributed by atoms with Crippen molar-refractivity contribution in [3.8, 4) is 0 Å². The number of hydrogen-bond acceptors (Lipinski definition) is 3. The molecule has 2 aromatic rings. The summed E-state index contributed by atoms with van der Waals surface area (Å²) in [4.78, 5) is 15.5. The van der Waals surface area contributed by atoms with Crippen molar-refractivity contribution in [2.24, 2.45) is 5.73 Å². The molecule has 0 spiro atoms. The van der Waals surface area contributed by atoms with Crippen molar-refractivity contribution in [2.45, 2.75) is 45.7 Å². The van der Waals surface area contributed by atoms with Gasteiger partial charge in [0.05, 0.1) is 0 Å². The number of aromatic nitrogens is 2. The number of nitrogens with zero attached hydrogens (tertiary/aromatic N) is 2. The van der Waals surface area contributed by atoms with Gasteiger partial charge in [-0.25, -0.2) is 9.78 Å². The van der Waals surface area contributed by atoms with Crippen LogP contribution in [-0.2, 0) is 12.0 Å². The monoisotopic (exact) mass is 285 g/mol. The van der Waals surface area contributed by atoms with Crippen LogP contribution in [0.2, 0.25) is 0 Å². The Kier molecular flexibility index (Phi) is 4.28. The maximum absolute atomic E-state index is 11.7. The topological polar surface area (TPSA) is 60.9 Å². The van der Waals surface area contributed by atoms with E-state index in [0.717, 1.165) is 11.1 Å². The van der Waals surface area contributed by atoms with Crippen LogP contribution in [0.25, 0.3) is 0 Å². The standard InChI is InChI=1S/C17H23N3O/c1-12-9-19-16(21)20(10-12)11-15(18)13-5-7-14(8-6-13)17(2,3)4/h5-10,15H,11,18H2,1-4H3. The third kappa shape index (κ3) is 3.79. The van der Waals surface area contributed by atoms with E-state index in [1.165, 1.54) is 5.56 Å². The lowest BCUT2D eigenvalue weighted by Gasteiger charge is -2.20. The Morgan fingerprint density at radius 2 is 1.86 bits per heavy atom. The van der Waals surface area contributed by atoms with E-state index in [9.17, 15) is 4.79 Å². The second-order valence-corrected chi connectivity index (χ2v) is 6.54. The maximum atomic E-state index is 11.7. The zero-order chi connectivity index (χ0) is 15.6. The summed E-state index contributed by atoms with van der Waals surface area (Å²) in [5, 5.41) is 0. The molecule has 21 heavy (non-hydrogen) atoms. The lowest BCUT2D eigenvalue weighted by atomic mass is 9.86. The van der Waals surface area contributed by atoms with Crippen LogP contribution in [0.4, 0.5) is 0 Å². The first-order chi connectivity index (χ1) is 9.77. The molecule has 1 aromatic heterocycles. The second kappa shape index (κ2) is 5.82. The highest BCUT2D eigenvalue weighted by molar-refractivity contribution is 5.29. The Hall–Kier alpha value is -1.94. The highest BCUT2D eigenvalue weighted by atomic mass is 16.1. The van der Waals surface area contributed by atoms with E-state index >= 15 is 0 Å². The fraction of sp³-hybridized carbons (Fsp3) is 0.412. The van der Waals surface area contributed by atoms with E-state index in [0.29, 0.717) is 6.54 Å². The quantitative estimate of drug-likeness (QED) is 0.942. The Labute approximate surface area is 125 Å². The summed E-state index contributed by atoms with van der Waals surface area (Å²) in [5.41, 5.74) is 9.33. The minimum Gasteiger partial charge on any atom is -0.322 e. The van der Waals surface area contributed by atoms with Crippen LogP contribution in [0.1, 0.15) is 43.5 Å². The van der Waals surface area contributed by atoms with Crippen LogP contribution in [-0.4, -0.2) is 9.55 Å². The van der Waals surface area contributed by atoms with Gasteiger partial charge in [-0.3, -0.25) is 4.57 Å². The Bertz CT molecular complexity index is 666. The van der Waals surface area contributed by atoms with E-state index in [1.807, 2.05) is 19.1 Å². The zero-order valence-electron chi connectivity index (χ0n) is 13.1. The molecule has 0 aliphatic heterocycles. The summed E-state index contributed by atoms with van der Waals surface area (Å²) < 4.78 is 1.57. The third-order valence-corrected chi connectivity index (χ3v) is 3.58. The van der Waals surface area contributed by atoms with E-state index in [2.05, 4.69) is 37.9 Å². The van der Waals surface area contributed by atoms with Crippen LogP contribution in [0.5, 0.6) is 0 Å². The van der Waals surface area contributed by atoms with Gasteiger partial charge in [0.2, 0.25) is 0 Å². The van der Waals surface area contributed by atoms with Crippen molar-refractivity contribution in [3.05, 3.63) is 63.8 Å². The Morgan fingerprint density at radius 3 is 2.43 bits per heavy atom. The van der Waals surface area contributed by atoms with Crippen molar-refractivity contribution in [1.82, 2.24) is 9.55 Å². The third-order valence-electron chi connectivity index (χ3n) is 3.58. The smallest absolute Gasteiger partial charge is 0.322 e. The predicted molar refractivity (Wildman–Crippen MR) is 85.3 cm³/mol. The Balaban J connectivity index is 2.19. The van der Waals surface area contributed by atoms with Gasteiger partial charge in [0.15, 0.2) is 0 Å². The molecule has 0 aliphatic carbocycles. The van der Waals surface area contributed by atoms with Gasteiger partial charge in [0, 0.05) is 25.0 Å². The average Bonchev–Trinajstić information content (AvgIpc) is 2.42. The number of aryl methyl sites for hydroxylation is 1. The van der Waals surface area contributed by atoms with Gasteiger partial charge in [-0.1, -0.05) is 45.0 Å². The first kappa shape index (κ1) is 15.4. The summed E-state index contributed by atoms with van der Waals surface area (Å²) in [6, 6.07) is 8.07. The molecule has 4 nitrogen and oxygen atoms in total. The number of hydrogen-bond donors (Lipinski definition) is 1. The van der Waals surface area contributed by atoms with Crippen molar-refractivity contribution in [3.63, 3.8) is 0 Å². The van der Waals surface area contributed by atoms with Crippen LogP contribution in [0.3, 0.4) is 0 Å². The molecule has 1 atom stereocenters. The van der Waals surface area contributed by atoms with E-state index in [-0.39, 0.29) is 17.1 Å². The highest BCUT2D eigenvalue weighted by Gasteiger charge is 2.14. The fourth-order valence-corrected chi connectivity index (χ4v) is 2.24. The molecule has 4 heteroatoms. The molecule has 2 N–H and O–H groups in total. The van der Waals surface area contributed by atoms with E-state index < -0.39 is 0 Å². The van der Waals surface area contributed by atoms with Gasteiger partial charge >= 0.3 is 5.69 Å². The Morgan fingerprint density at radius 1 is 1.24 bits per heavy atom. The molecule has 0 saturated carbocycles. The van der Waals surface area contributed by atoms with Crippen LogP contribution < -0.4 is 11.4 Å². The molecule has 0 bridgehead atoms. The van der Waals surface area contributed by atoms with E-state index in [4.69, 9.17) is 5.73 Å². The molecule has 1 unspecified atom stereocenters. The van der Waals surface area contributed by atoms with Crippen molar-refractivity contribution in [1.29, 1.82) is 0 Å². The molecular formula is C17H23N3O. The molecule has 2 rings (SSSR count). The van der Waals surface area contributed by atoms with Gasteiger partial charge in [0.25, 0.3) is 0 Å². The predicted octanol–water partition coefficient (Wildman–Crippen LogP) is 2.55. The summed E-state index contributed by atoms with van der Waals surface area (Å²) in [7, 11) is 0. The van der Waals surface area contributed by atoms with E-state index in [1.54, 1.807) is 17.0 Å². The first-order valence-electron chi connectivity index (χ1n) is 7.16. The van der Waals surface area contributed by atoms with Crippen molar-refractivity contribution in [2.75, 3.05) is 0 Å². The van der Waals surface area contributed by atoms with Gasteiger partial charge < -0.3 is 5.73 Å². The molecule has 0 radical (unpaired) electrons. The van der Waals surface area contributed by atoms with Gasteiger partial charge in [-0.05, 0) is 29.0 Å². The van der Waals surface area contributed by atoms with Gasteiger partial charge in [-0.2, -0.15) is 0 Å². The molecule has 0 fully saturated rings. The lowest BCUT2D eigenvalue weighted by molar-refractivity contribution is 0.547. The lowest BCUT2D eigenvalue weighted by Crippen LogP contribution is -2.28. The van der Waals surface area contributed by atoms with Crippen molar-refractivity contribution >= 4 is 0 Å². The number of nitrogens with two attached hydrogens (primary N) is 1. The summed E-state index contributed by atoms with van der Waals surface area (Å²) in [6.07, 6.45) is 3.36. The number of benzene rings is 1. The SMILES string of the molecule is Cc1cnc(=O)n(CC(N)c2ccc(C(C)(C)C)cc2)c1. The average molecular weight is 285 g/mol. The summed E-state index contributed by atoms with van der Waals surface area (Å²) >= 11 is 0. The second-order valence-electron chi connectivity index (χ2n) is 6.54. The minimum atomic E-state index is -0.262. The number of rotatable bonds is 3. The largest absolute Gasteiger partial charge is 0.347 e. The molecule has 1 heterocycles. The summed E-state index contributed by atoms with van der Waals surface area (Å²) in [6.45, 7) is 8.88. The summed E-state index contributed by atoms with van der Waals surface area (Å²) in [5.74, 6) is 0. The molecule has 0 saturated heterocycles. The normalized spacial score (nSPS) is 13.2. The molecular weight excluding hydrogens is 262 g/mol. The first-order valence-corrected chi connectivity index (χ1v) is 7.16. The van der Waals surface area contributed by atoms with Crippen LogP contribution >= 0.6 is 0 Å². The van der Waals surface area contributed by atoms with Crippen molar-refractivity contribution < 1.29 is 0 Å².